The van der Waals surface area contributed by atoms with Crippen molar-refractivity contribution in [1.82, 2.24) is 14.3 Å². The fourth-order valence-corrected chi connectivity index (χ4v) is 4.76. The molecular weight excluding hydrogens is 496 g/mol. The van der Waals surface area contributed by atoms with Gasteiger partial charge in [-0.3, -0.25) is 19.2 Å². The number of rotatable bonds is 9. The van der Waals surface area contributed by atoms with Crippen LogP contribution in [-0.2, 0) is 9.53 Å². The van der Waals surface area contributed by atoms with Gasteiger partial charge in [-0.15, -0.1) is 0 Å². The summed E-state index contributed by atoms with van der Waals surface area (Å²) in [6.07, 6.45) is 1.82. The van der Waals surface area contributed by atoms with E-state index in [-0.39, 0.29) is 28.5 Å². The molecule has 4 rings (SSSR count). The van der Waals surface area contributed by atoms with Crippen LogP contribution in [-0.4, -0.2) is 45.6 Å². The largest absolute Gasteiger partial charge is 0.506 e. The van der Waals surface area contributed by atoms with Crippen LogP contribution < -0.4 is 21.3 Å². The summed E-state index contributed by atoms with van der Waals surface area (Å²) in [6.45, 7) is 5.61. The molecule has 1 aromatic carbocycles. The van der Waals surface area contributed by atoms with Crippen LogP contribution in [0.4, 0.5) is 5.69 Å². The van der Waals surface area contributed by atoms with E-state index in [1.54, 1.807) is 12.1 Å². The number of fused-ring (bicyclic) bond motifs is 1. The zero-order valence-corrected chi connectivity index (χ0v) is 21.6. The molecule has 0 saturated carbocycles. The van der Waals surface area contributed by atoms with Crippen molar-refractivity contribution in [1.29, 1.82) is 0 Å². The second kappa shape index (κ2) is 11.0. The topological polar surface area (TPSA) is 145 Å². The molecule has 10 nitrogen and oxygen atoms in total. The predicted octanol–water partition coefficient (Wildman–Crippen LogP) is 2.94. The number of anilines is 1. The van der Waals surface area contributed by atoms with Crippen LogP contribution in [0.15, 0.2) is 44.7 Å². The Hall–Kier alpha value is -3.99. The Balaban J connectivity index is 1.79. The van der Waals surface area contributed by atoms with E-state index in [2.05, 4.69) is 33.1 Å². The Morgan fingerprint density at radius 1 is 1.14 bits per heavy atom. The van der Waals surface area contributed by atoms with E-state index in [1.807, 2.05) is 6.07 Å². The van der Waals surface area contributed by atoms with Gasteiger partial charge in [0.2, 0.25) is 5.43 Å². The summed E-state index contributed by atoms with van der Waals surface area (Å²) in [7, 11) is 1.36. The van der Waals surface area contributed by atoms with Gasteiger partial charge in [0.1, 0.15) is 16.7 Å². The first-order chi connectivity index (χ1) is 17.7. The Bertz CT molecular complexity index is 1690. The number of nitrogens with one attached hydrogen (secondary N) is 2. The van der Waals surface area contributed by atoms with Crippen LogP contribution in [0.25, 0.3) is 22.3 Å². The normalized spacial score (nSPS) is 11.4. The Morgan fingerprint density at radius 2 is 1.92 bits per heavy atom. The Kier molecular flexibility index (Phi) is 7.72. The Morgan fingerprint density at radius 3 is 2.65 bits per heavy atom. The second-order valence-corrected chi connectivity index (χ2v) is 9.98. The number of esters is 1. The highest BCUT2D eigenvalue weighted by atomic mass is 32.1. The molecule has 11 heteroatoms. The van der Waals surface area contributed by atoms with Crippen molar-refractivity contribution in [2.75, 3.05) is 25.1 Å². The molecule has 0 radical (unpaired) electrons. The van der Waals surface area contributed by atoms with Crippen LogP contribution in [0.2, 0.25) is 0 Å². The van der Waals surface area contributed by atoms with E-state index in [1.165, 1.54) is 19.2 Å². The third-order valence-electron chi connectivity index (χ3n) is 6.15. The Labute approximate surface area is 215 Å². The third-order valence-corrected chi connectivity index (χ3v) is 6.96. The van der Waals surface area contributed by atoms with Gasteiger partial charge in [-0.25, -0.2) is 0 Å². The van der Waals surface area contributed by atoms with Crippen LogP contribution in [0.5, 0.6) is 5.75 Å². The van der Waals surface area contributed by atoms with Gasteiger partial charge in [-0.05, 0) is 60.6 Å². The van der Waals surface area contributed by atoms with Gasteiger partial charge in [0.15, 0.2) is 5.82 Å². The van der Waals surface area contributed by atoms with Crippen LogP contribution in [0, 0.1) is 15.8 Å². The number of carbonyl (C=O) groups is 1. The first-order valence-electron chi connectivity index (χ1n) is 11.9. The molecule has 0 spiro atoms. The van der Waals surface area contributed by atoms with Crippen LogP contribution in [0.3, 0.4) is 0 Å². The highest BCUT2D eigenvalue weighted by Crippen LogP contribution is 2.33. The maximum atomic E-state index is 12.9. The van der Waals surface area contributed by atoms with Gasteiger partial charge in [-0.1, -0.05) is 13.8 Å². The van der Waals surface area contributed by atoms with E-state index in [4.69, 9.17) is 4.74 Å². The van der Waals surface area contributed by atoms with E-state index in [0.717, 1.165) is 30.2 Å². The number of methoxy groups -OCH3 is 1. The number of aromatic nitrogens is 3. The molecule has 0 bridgehead atoms. The summed E-state index contributed by atoms with van der Waals surface area (Å²) in [5.74, 6) is -0.107. The zero-order valence-electron chi connectivity index (χ0n) is 20.8. The van der Waals surface area contributed by atoms with Crippen molar-refractivity contribution < 1.29 is 14.6 Å². The minimum atomic E-state index is -0.732. The first-order valence-corrected chi connectivity index (χ1v) is 12.7. The monoisotopic (exact) mass is 524 g/mol. The molecule has 0 atom stereocenters. The van der Waals surface area contributed by atoms with Gasteiger partial charge >= 0.3 is 5.97 Å². The average Bonchev–Trinajstić information content (AvgIpc) is 2.88. The number of aromatic hydroxyl groups is 1. The maximum Gasteiger partial charge on any atom is 0.305 e. The lowest BCUT2D eigenvalue weighted by atomic mass is 10.1. The molecule has 194 valence electrons. The lowest BCUT2D eigenvalue weighted by Gasteiger charge is -2.26. The molecule has 0 fully saturated rings. The number of nitrogens with zero attached hydrogens (tertiary/aromatic N) is 2. The number of hydrogen-bond donors (Lipinski definition) is 3. The van der Waals surface area contributed by atoms with Gasteiger partial charge in [0.05, 0.1) is 17.2 Å². The molecule has 1 aliphatic carbocycles. The molecule has 1 aromatic heterocycles. The molecule has 1 aliphatic heterocycles. The number of H-pyrrole nitrogens is 2. The quantitative estimate of drug-likeness (QED) is 0.224. The van der Waals surface area contributed by atoms with Crippen molar-refractivity contribution >= 4 is 34.1 Å². The molecule has 2 heterocycles. The van der Waals surface area contributed by atoms with Crippen molar-refractivity contribution in [2.45, 2.75) is 33.1 Å². The molecule has 2 aliphatic rings. The summed E-state index contributed by atoms with van der Waals surface area (Å²) in [5, 5.41) is 11.6. The van der Waals surface area contributed by atoms with Gasteiger partial charge in [-0.2, -0.15) is 4.37 Å². The smallest absolute Gasteiger partial charge is 0.305 e. The molecule has 2 aromatic rings. The van der Waals surface area contributed by atoms with E-state index < -0.39 is 16.4 Å². The third kappa shape index (κ3) is 5.56. The van der Waals surface area contributed by atoms with E-state index >= 15 is 0 Å². The van der Waals surface area contributed by atoms with Gasteiger partial charge < -0.3 is 24.7 Å². The number of pyridine rings is 1. The number of benzene rings is 1. The number of aromatic amines is 2. The van der Waals surface area contributed by atoms with Crippen molar-refractivity contribution in [3.8, 4) is 17.1 Å². The highest BCUT2D eigenvalue weighted by Gasteiger charge is 2.18. The lowest BCUT2D eigenvalue weighted by Crippen LogP contribution is -2.27. The number of hydrogen-bond acceptors (Lipinski definition) is 9. The SMILES string of the molecule is COC(=O)CCCN(CCC(C)C)c1ccc2[nH]c(=O)c(-c3nsc4ccc(=O)c(=O)c=4[nH]3)c(O)c2c1. The lowest BCUT2D eigenvalue weighted by molar-refractivity contribution is -0.140. The van der Waals surface area contributed by atoms with Gasteiger partial charge in [0, 0.05) is 30.6 Å². The molecule has 0 saturated heterocycles. The highest BCUT2D eigenvalue weighted by molar-refractivity contribution is 7.03. The molecule has 0 amide bonds. The molecule has 3 N–H and O–H groups in total. The van der Waals surface area contributed by atoms with Crippen LogP contribution >= 0.6 is 11.5 Å². The standard InChI is InChI=1S/C26H28N4O6S/c1-14(2)10-12-30(11-4-5-20(32)36-3)15-6-7-17-16(13-15)23(33)21(26(35)27-17)25-28-22-19(37-29-25)9-8-18(31)24(22)34/h6-9,13-14H,4-5,10-12H2,1-3H3,(H,28,29)(H2,27,33,35). The fourth-order valence-electron chi connectivity index (χ4n) is 4.07. The van der Waals surface area contributed by atoms with Crippen molar-refractivity contribution in [3.63, 3.8) is 0 Å². The first kappa shape index (κ1) is 26.1. The second-order valence-electron chi connectivity index (χ2n) is 9.18. The minimum absolute atomic E-state index is 0.0130. The number of carbonyl (C=O) groups excluding carboxylic acids is 1. The molecule has 0 unspecified atom stereocenters. The maximum absolute atomic E-state index is 12.9. The molecule has 37 heavy (non-hydrogen) atoms. The summed E-state index contributed by atoms with van der Waals surface area (Å²) >= 11 is 0.945. The summed E-state index contributed by atoms with van der Waals surface area (Å²) < 4.78 is 9.46. The summed E-state index contributed by atoms with van der Waals surface area (Å²) in [6, 6.07) is 8.02. The van der Waals surface area contributed by atoms with E-state index in [0.29, 0.717) is 40.7 Å². The van der Waals surface area contributed by atoms with Crippen molar-refractivity contribution in [3.05, 3.63) is 71.0 Å². The fraction of sp³-hybridized carbons (Fsp3) is 0.346. The predicted molar refractivity (Wildman–Crippen MR) is 142 cm³/mol. The molecular formula is C26H28N4O6S. The zero-order chi connectivity index (χ0) is 26.7. The van der Waals surface area contributed by atoms with E-state index in [9.17, 15) is 24.3 Å². The summed E-state index contributed by atoms with van der Waals surface area (Å²) in [5.41, 5.74) is -0.870. The summed E-state index contributed by atoms with van der Waals surface area (Å²) in [4.78, 5) is 56.3. The van der Waals surface area contributed by atoms with Gasteiger partial charge in [0.25, 0.3) is 11.0 Å². The van der Waals surface area contributed by atoms with Crippen molar-refractivity contribution in [2.24, 2.45) is 5.92 Å². The minimum Gasteiger partial charge on any atom is -0.506 e. The average molecular weight is 525 g/mol. The van der Waals surface area contributed by atoms with Crippen LogP contribution in [0.1, 0.15) is 33.1 Å². The number of ether oxygens (including phenoxy) is 1.